The first-order valence-electron chi connectivity index (χ1n) is 6.10. The monoisotopic (exact) mass is 303 g/mol. The number of carbonyl (C=O) groups excluding carboxylic acids is 1. The molecule has 0 bridgehead atoms. The summed E-state index contributed by atoms with van der Waals surface area (Å²) in [5.74, 6) is -0.323. The Bertz CT molecular complexity index is 455. The highest BCUT2D eigenvalue weighted by Crippen LogP contribution is 2.26. The van der Waals surface area contributed by atoms with Crippen molar-refractivity contribution < 1.29 is 9.90 Å². The molecule has 5 heteroatoms. The number of benzene rings is 1. The van der Waals surface area contributed by atoms with Gasteiger partial charge in [-0.2, -0.15) is 0 Å². The van der Waals surface area contributed by atoms with Crippen molar-refractivity contribution in [2.45, 2.75) is 33.2 Å². The smallest absolute Gasteiger partial charge is 0.253 e. The van der Waals surface area contributed by atoms with Gasteiger partial charge in [-0.3, -0.25) is 4.79 Å². The molecule has 0 aliphatic rings. The summed E-state index contributed by atoms with van der Waals surface area (Å²) in [6.07, 6.45) is 0.674. The molecule has 2 N–H and O–H groups in total. The summed E-state index contributed by atoms with van der Waals surface area (Å²) in [5.41, 5.74) is 0.334. The largest absolute Gasteiger partial charge is 0.394 e. The van der Waals surface area contributed by atoms with Gasteiger partial charge < -0.3 is 10.4 Å². The zero-order valence-electron chi connectivity index (χ0n) is 11.3. The Balaban J connectivity index is 2.80. The molecule has 1 rings (SSSR count). The van der Waals surface area contributed by atoms with Crippen LogP contribution in [0.3, 0.4) is 0 Å². The van der Waals surface area contributed by atoms with Crippen molar-refractivity contribution in [1.29, 1.82) is 0 Å². The predicted octanol–water partition coefficient (Wildman–Crippen LogP) is 3.52. The van der Waals surface area contributed by atoms with E-state index in [1.807, 2.05) is 20.8 Å². The van der Waals surface area contributed by atoms with E-state index in [9.17, 15) is 9.90 Å². The molecule has 0 saturated heterocycles. The molecule has 1 amide bonds. The van der Waals surface area contributed by atoms with Gasteiger partial charge in [0.2, 0.25) is 0 Å². The molecule has 1 atom stereocenters. The Hall–Kier alpha value is -0.770. The first-order valence-corrected chi connectivity index (χ1v) is 6.86. The summed E-state index contributed by atoms with van der Waals surface area (Å²) in [4.78, 5) is 12.1. The Labute approximate surface area is 123 Å². The lowest BCUT2D eigenvalue weighted by Gasteiger charge is -2.25. The van der Waals surface area contributed by atoms with Crippen molar-refractivity contribution in [2.75, 3.05) is 6.61 Å². The topological polar surface area (TPSA) is 49.3 Å². The zero-order chi connectivity index (χ0) is 14.6. The van der Waals surface area contributed by atoms with E-state index in [1.54, 1.807) is 18.2 Å². The van der Waals surface area contributed by atoms with E-state index in [-0.39, 0.29) is 29.0 Å². The van der Waals surface area contributed by atoms with E-state index in [1.165, 1.54) is 0 Å². The van der Waals surface area contributed by atoms with Crippen LogP contribution in [0.15, 0.2) is 18.2 Å². The van der Waals surface area contributed by atoms with E-state index >= 15 is 0 Å². The van der Waals surface area contributed by atoms with Gasteiger partial charge in [-0.15, -0.1) is 0 Å². The van der Waals surface area contributed by atoms with Crippen molar-refractivity contribution in [3.05, 3.63) is 33.8 Å². The first kappa shape index (κ1) is 16.3. The molecule has 0 spiro atoms. The quantitative estimate of drug-likeness (QED) is 0.894. The van der Waals surface area contributed by atoms with Gasteiger partial charge >= 0.3 is 0 Å². The minimum Gasteiger partial charge on any atom is -0.394 e. The Morgan fingerprint density at radius 2 is 2.00 bits per heavy atom. The third-order valence-electron chi connectivity index (χ3n) is 2.61. The molecule has 0 aliphatic heterocycles. The molecular formula is C14H19Cl2NO2. The number of aliphatic hydroxyl groups is 1. The molecule has 106 valence electrons. The normalized spacial score (nSPS) is 13.2. The van der Waals surface area contributed by atoms with E-state index in [0.717, 1.165) is 0 Å². The average Bonchev–Trinajstić information content (AvgIpc) is 2.29. The highest BCUT2D eigenvalue weighted by Gasteiger charge is 2.21. The number of aliphatic hydroxyl groups excluding tert-OH is 1. The van der Waals surface area contributed by atoms with Crippen LogP contribution >= 0.6 is 23.2 Å². The fourth-order valence-corrected chi connectivity index (χ4v) is 2.23. The minimum atomic E-state index is -0.323. The number of hydrogen-bond acceptors (Lipinski definition) is 2. The molecule has 0 aliphatic carbocycles. The lowest BCUT2D eigenvalue weighted by molar-refractivity contribution is 0.0898. The highest BCUT2D eigenvalue weighted by molar-refractivity contribution is 6.43. The van der Waals surface area contributed by atoms with Crippen LogP contribution < -0.4 is 5.32 Å². The van der Waals surface area contributed by atoms with Gasteiger partial charge in [-0.1, -0.05) is 50.0 Å². The third-order valence-corrected chi connectivity index (χ3v) is 3.43. The predicted molar refractivity (Wildman–Crippen MR) is 78.9 cm³/mol. The molecule has 0 radical (unpaired) electrons. The van der Waals surface area contributed by atoms with Crippen molar-refractivity contribution in [2.24, 2.45) is 5.41 Å². The zero-order valence-corrected chi connectivity index (χ0v) is 12.8. The maximum atomic E-state index is 12.1. The number of nitrogens with one attached hydrogen (secondary N) is 1. The van der Waals surface area contributed by atoms with E-state index in [2.05, 4.69) is 5.32 Å². The Kier molecular flexibility index (Phi) is 5.65. The number of amides is 1. The molecule has 1 aromatic rings. The second-order valence-corrected chi connectivity index (χ2v) is 6.50. The van der Waals surface area contributed by atoms with Crippen LogP contribution in [0.5, 0.6) is 0 Å². The van der Waals surface area contributed by atoms with Crippen LogP contribution in [-0.4, -0.2) is 23.7 Å². The van der Waals surface area contributed by atoms with Gasteiger partial charge in [0.15, 0.2) is 0 Å². The van der Waals surface area contributed by atoms with Crippen LogP contribution in [0.2, 0.25) is 10.0 Å². The molecule has 0 heterocycles. The third kappa shape index (κ3) is 5.01. The van der Waals surface area contributed by atoms with Gasteiger partial charge in [0, 0.05) is 0 Å². The Morgan fingerprint density at radius 3 is 2.53 bits per heavy atom. The summed E-state index contributed by atoms with van der Waals surface area (Å²) < 4.78 is 0. The van der Waals surface area contributed by atoms with Crippen LogP contribution in [0.4, 0.5) is 0 Å². The molecule has 0 aromatic heterocycles. The van der Waals surface area contributed by atoms with Crippen molar-refractivity contribution >= 4 is 29.1 Å². The maximum Gasteiger partial charge on any atom is 0.253 e. The molecule has 1 aromatic carbocycles. The SMILES string of the molecule is CC(C)(C)CC(CO)NC(=O)c1cccc(Cl)c1Cl. The fraction of sp³-hybridized carbons (Fsp3) is 0.500. The van der Waals surface area contributed by atoms with Crippen molar-refractivity contribution in [1.82, 2.24) is 5.32 Å². The fourth-order valence-electron chi connectivity index (χ4n) is 1.84. The second kappa shape index (κ2) is 6.60. The maximum absolute atomic E-state index is 12.1. The standard InChI is InChI=1S/C14H19Cl2NO2/c1-14(2,3)7-9(8-18)17-13(19)10-5-4-6-11(15)12(10)16/h4-6,9,18H,7-8H2,1-3H3,(H,17,19). The average molecular weight is 304 g/mol. The van der Waals surface area contributed by atoms with Crippen LogP contribution in [0.1, 0.15) is 37.6 Å². The number of rotatable bonds is 4. The van der Waals surface area contributed by atoms with Gasteiger partial charge in [0.1, 0.15) is 0 Å². The molecule has 1 unspecified atom stereocenters. The molecule has 0 saturated carbocycles. The van der Waals surface area contributed by atoms with Gasteiger partial charge in [-0.05, 0) is 24.0 Å². The van der Waals surface area contributed by atoms with Crippen LogP contribution in [-0.2, 0) is 0 Å². The summed E-state index contributed by atoms with van der Waals surface area (Å²) >= 11 is 11.9. The molecule has 19 heavy (non-hydrogen) atoms. The Morgan fingerprint density at radius 1 is 1.37 bits per heavy atom. The number of hydrogen-bond donors (Lipinski definition) is 2. The van der Waals surface area contributed by atoms with Gasteiger partial charge in [0.05, 0.1) is 28.3 Å². The lowest BCUT2D eigenvalue weighted by Crippen LogP contribution is -2.40. The minimum absolute atomic E-state index is 0.0127. The molecular weight excluding hydrogens is 285 g/mol. The summed E-state index contributed by atoms with van der Waals surface area (Å²) in [6.45, 7) is 6.04. The molecule has 3 nitrogen and oxygen atoms in total. The van der Waals surface area contributed by atoms with Crippen LogP contribution in [0, 0.1) is 5.41 Å². The van der Waals surface area contributed by atoms with Crippen LogP contribution in [0.25, 0.3) is 0 Å². The van der Waals surface area contributed by atoms with Crippen molar-refractivity contribution in [3.63, 3.8) is 0 Å². The van der Waals surface area contributed by atoms with E-state index in [4.69, 9.17) is 23.2 Å². The lowest BCUT2D eigenvalue weighted by atomic mass is 9.88. The van der Waals surface area contributed by atoms with E-state index < -0.39 is 0 Å². The van der Waals surface area contributed by atoms with Gasteiger partial charge in [0.25, 0.3) is 5.91 Å². The molecule has 0 fully saturated rings. The number of carbonyl (C=O) groups is 1. The first-order chi connectivity index (χ1) is 8.74. The second-order valence-electron chi connectivity index (χ2n) is 5.72. The van der Waals surface area contributed by atoms with Crippen molar-refractivity contribution in [3.8, 4) is 0 Å². The summed E-state index contributed by atoms with van der Waals surface area (Å²) in [7, 11) is 0. The number of halogens is 2. The summed E-state index contributed by atoms with van der Waals surface area (Å²) in [5, 5.41) is 12.7. The highest BCUT2D eigenvalue weighted by atomic mass is 35.5. The van der Waals surface area contributed by atoms with E-state index in [0.29, 0.717) is 17.0 Å². The summed E-state index contributed by atoms with van der Waals surface area (Å²) in [6, 6.07) is 4.59. The van der Waals surface area contributed by atoms with Gasteiger partial charge in [-0.25, -0.2) is 0 Å².